The molecule has 0 aromatic carbocycles. The fraction of sp³-hybridized carbons (Fsp3) is 0.556. The number of aryl methyl sites for hydroxylation is 2. The molecule has 8 heteroatoms. The molecular formula is C9H14N6S2. The zero-order valence-corrected chi connectivity index (χ0v) is 11.4. The van der Waals surface area contributed by atoms with Crippen LogP contribution in [0.3, 0.4) is 0 Å². The number of hydrogen-bond acceptors (Lipinski definition) is 7. The van der Waals surface area contributed by atoms with E-state index in [2.05, 4.69) is 27.4 Å². The van der Waals surface area contributed by atoms with Gasteiger partial charge in [-0.25, -0.2) is 9.67 Å². The molecule has 0 radical (unpaired) electrons. The Kier molecular flexibility index (Phi) is 3.95. The number of rotatable bonds is 5. The summed E-state index contributed by atoms with van der Waals surface area (Å²) < 4.78 is 2.97. The second kappa shape index (κ2) is 5.46. The number of nitrogens with two attached hydrogens (primary N) is 1. The molecule has 17 heavy (non-hydrogen) atoms. The normalized spacial score (nSPS) is 10.9. The Bertz CT molecular complexity index is 491. The van der Waals surface area contributed by atoms with Gasteiger partial charge in [-0.15, -0.1) is 16.9 Å². The summed E-state index contributed by atoms with van der Waals surface area (Å²) in [4.78, 5) is 4.19. The Morgan fingerprint density at radius 1 is 1.47 bits per heavy atom. The molecule has 0 fully saturated rings. The van der Waals surface area contributed by atoms with Crippen molar-refractivity contribution in [3.8, 4) is 0 Å². The average Bonchev–Trinajstić information content (AvgIpc) is 2.83. The third-order valence-electron chi connectivity index (χ3n) is 2.14. The van der Waals surface area contributed by atoms with E-state index in [-0.39, 0.29) is 0 Å². The van der Waals surface area contributed by atoms with Gasteiger partial charge in [-0.1, -0.05) is 18.3 Å². The standard InChI is InChI=1S/C9H14N6S2/c1-3-4-15-7(12-13-14-15)5-16-8-6(2)11-9(10)17-8/h3-5H2,1-2H3,(H2,10,11). The van der Waals surface area contributed by atoms with Crippen molar-refractivity contribution < 1.29 is 0 Å². The van der Waals surface area contributed by atoms with E-state index in [1.807, 2.05) is 11.6 Å². The molecule has 0 bridgehead atoms. The van der Waals surface area contributed by atoms with Crippen molar-refractivity contribution >= 4 is 28.2 Å². The summed E-state index contributed by atoms with van der Waals surface area (Å²) in [6.45, 7) is 4.92. The summed E-state index contributed by atoms with van der Waals surface area (Å²) in [7, 11) is 0. The molecule has 0 unspecified atom stereocenters. The van der Waals surface area contributed by atoms with E-state index in [1.54, 1.807) is 11.8 Å². The van der Waals surface area contributed by atoms with Crippen molar-refractivity contribution in [2.45, 2.75) is 36.8 Å². The van der Waals surface area contributed by atoms with Crippen molar-refractivity contribution in [3.63, 3.8) is 0 Å². The van der Waals surface area contributed by atoms with E-state index in [4.69, 9.17) is 5.73 Å². The number of anilines is 1. The fourth-order valence-electron chi connectivity index (χ4n) is 1.38. The van der Waals surface area contributed by atoms with Crippen LogP contribution in [0.2, 0.25) is 0 Å². The Hall–Kier alpha value is -1.15. The topological polar surface area (TPSA) is 82.5 Å². The van der Waals surface area contributed by atoms with Crippen LogP contribution >= 0.6 is 23.1 Å². The zero-order valence-electron chi connectivity index (χ0n) is 9.75. The maximum absolute atomic E-state index is 5.65. The number of hydrogen-bond donors (Lipinski definition) is 1. The molecule has 0 saturated heterocycles. The van der Waals surface area contributed by atoms with Gasteiger partial charge in [0, 0.05) is 6.54 Å². The van der Waals surface area contributed by atoms with Crippen LogP contribution in [0.1, 0.15) is 24.9 Å². The van der Waals surface area contributed by atoms with Gasteiger partial charge in [-0.2, -0.15) is 0 Å². The maximum atomic E-state index is 5.65. The van der Waals surface area contributed by atoms with Crippen LogP contribution in [0.15, 0.2) is 4.21 Å². The highest BCUT2D eigenvalue weighted by Gasteiger charge is 2.10. The van der Waals surface area contributed by atoms with Gasteiger partial charge in [0.1, 0.15) is 0 Å². The molecule has 0 atom stereocenters. The van der Waals surface area contributed by atoms with Gasteiger partial charge in [0.05, 0.1) is 15.7 Å². The van der Waals surface area contributed by atoms with Gasteiger partial charge in [-0.3, -0.25) is 0 Å². The van der Waals surface area contributed by atoms with Crippen LogP contribution < -0.4 is 5.73 Å². The minimum Gasteiger partial charge on any atom is -0.375 e. The molecule has 92 valence electrons. The second-order valence-electron chi connectivity index (χ2n) is 3.53. The van der Waals surface area contributed by atoms with Crippen LogP contribution in [0.5, 0.6) is 0 Å². The Balaban J connectivity index is 2.02. The summed E-state index contributed by atoms with van der Waals surface area (Å²) >= 11 is 3.19. The molecule has 0 aliphatic rings. The summed E-state index contributed by atoms with van der Waals surface area (Å²) in [6.07, 6.45) is 1.02. The van der Waals surface area contributed by atoms with Gasteiger partial charge >= 0.3 is 0 Å². The summed E-state index contributed by atoms with van der Waals surface area (Å²) in [5, 5.41) is 12.3. The van der Waals surface area contributed by atoms with Crippen molar-refractivity contribution in [1.29, 1.82) is 0 Å². The van der Waals surface area contributed by atoms with E-state index in [9.17, 15) is 0 Å². The molecular weight excluding hydrogens is 256 g/mol. The lowest BCUT2D eigenvalue weighted by Crippen LogP contribution is -2.04. The highest BCUT2D eigenvalue weighted by molar-refractivity contribution is 8.00. The smallest absolute Gasteiger partial charge is 0.181 e. The molecule has 0 saturated carbocycles. The van der Waals surface area contributed by atoms with E-state index in [0.29, 0.717) is 5.13 Å². The Morgan fingerprint density at radius 2 is 2.29 bits per heavy atom. The quantitative estimate of drug-likeness (QED) is 0.833. The molecule has 0 aliphatic heterocycles. The zero-order chi connectivity index (χ0) is 12.3. The Labute approximate surface area is 108 Å². The van der Waals surface area contributed by atoms with Crippen LogP contribution in [-0.4, -0.2) is 25.2 Å². The number of nitrogen functional groups attached to an aromatic ring is 1. The van der Waals surface area contributed by atoms with Gasteiger partial charge in [0.15, 0.2) is 11.0 Å². The lowest BCUT2D eigenvalue weighted by molar-refractivity contribution is 0.564. The monoisotopic (exact) mass is 270 g/mol. The average molecular weight is 270 g/mol. The second-order valence-corrected chi connectivity index (χ2v) is 5.81. The van der Waals surface area contributed by atoms with Crippen molar-refractivity contribution in [2.24, 2.45) is 0 Å². The third-order valence-corrected chi connectivity index (χ3v) is 4.49. The molecule has 2 aromatic heterocycles. The Morgan fingerprint density at radius 3 is 2.94 bits per heavy atom. The van der Waals surface area contributed by atoms with Crippen molar-refractivity contribution in [2.75, 3.05) is 5.73 Å². The van der Waals surface area contributed by atoms with Gasteiger partial charge < -0.3 is 5.73 Å². The van der Waals surface area contributed by atoms with Crippen molar-refractivity contribution in [3.05, 3.63) is 11.5 Å². The molecule has 2 N–H and O–H groups in total. The largest absolute Gasteiger partial charge is 0.375 e. The van der Waals surface area contributed by atoms with Crippen LogP contribution in [0.25, 0.3) is 0 Å². The molecule has 0 aliphatic carbocycles. The van der Waals surface area contributed by atoms with Gasteiger partial charge in [0.2, 0.25) is 0 Å². The predicted molar refractivity (Wildman–Crippen MR) is 68.9 cm³/mol. The van der Waals surface area contributed by atoms with E-state index in [0.717, 1.165) is 34.4 Å². The highest BCUT2D eigenvalue weighted by atomic mass is 32.2. The van der Waals surface area contributed by atoms with Crippen LogP contribution in [0, 0.1) is 6.92 Å². The summed E-state index contributed by atoms with van der Waals surface area (Å²) in [5.41, 5.74) is 6.63. The fourth-order valence-corrected chi connectivity index (χ4v) is 3.33. The number of nitrogens with zero attached hydrogens (tertiary/aromatic N) is 5. The highest BCUT2D eigenvalue weighted by Crippen LogP contribution is 2.32. The predicted octanol–water partition coefficient (Wildman–Crippen LogP) is 1.72. The minimum atomic E-state index is 0.609. The summed E-state index contributed by atoms with van der Waals surface area (Å²) in [6, 6.07) is 0. The molecule has 2 heterocycles. The molecule has 2 aromatic rings. The lowest BCUT2D eigenvalue weighted by atomic mass is 10.5. The molecule has 6 nitrogen and oxygen atoms in total. The van der Waals surface area contributed by atoms with E-state index < -0.39 is 0 Å². The first-order valence-corrected chi connectivity index (χ1v) is 7.11. The van der Waals surface area contributed by atoms with Gasteiger partial charge in [0.25, 0.3) is 0 Å². The molecule has 2 rings (SSSR count). The molecule has 0 spiro atoms. The SMILES string of the molecule is CCCn1nnnc1CSc1sc(N)nc1C. The molecule has 0 amide bonds. The first kappa shape index (κ1) is 12.3. The summed E-state index contributed by atoms with van der Waals surface area (Å²) in [5.74, 6) is 1.64. The van der Waals surface area contributed by atoms with Crippen LogP contribution in [-0.2, 0) is 12.3 Å². The van der Waals surface area contributed by atoms with Gasteiger partial charge in [-0.05, 0) is 23.8 Å². The number of thioether (sulfide) groups is 1. The lowest BCUT2D eigenvalue weighted by Gasteiger charge is -2.01. The van der Waals surface area contributed by atoms with Crippen molar-refractivity contribution in [1.82, 2.24) is 25.2 Å². The number of tetrazole rings is 1. The third kappa shape index (κ3) is 2.95. The first-order valence-electron chi connectivity index (χ1n) is 5.31. The van der Waals surface area contributed by atoms with Crippen LogP contribution in [0.4, 0.5) is 5.13 Å². The maximum Gasteiger partial charge on any atom is 0.181 e. The minimum absolute atomic E-state index is 0.609. The first-order chi connectivity index (χ1) is 8.20. The number of aromatic nitrogens is 5. The number of thiazole rings is 1. The van der Waals surface area contributed by atoms with E-state index >= 15 is 0 Å². The van der Waals surface area contributed by atoms with E-state index in [1.165, 1.54) is 11.3 Å².